The molecule has 0 aromatic rings. The highest BCUT2D eigenvalue weighted by atomic mass is 16.4. The Morgan fingerprint density at radius 2 is 2.00 bits per heavy atom. The molecule has 2 N–H and O–H groups in total. The van der Waals surface area contributed by atoms with Crippen molar-refractivity contribution in [2.75, 3.05) is 6.54 Å². The lowest BCUT2D eigenvalue weighted by Gasteiger charge is -2.36. The molecular weight excluding hydrogens is 244 g/mol. The summed E-state index contributed by atoms with van der Waals surface area (Å²) in [6.07, 6.45) is 5.64. The molecule has 2 atom stereocenters. The first-order valence-electron chi connectivity index (χ1n) is 7.19. The average Bonchev–Trinajstić information content (AvgIpc) is 2.76. The minimum atomic E-state index is -0.892. The van der Waals surface area contributed by atoms with Crippen LogP contribution in [0.1, 0.15) is 52.4 Å². The molecule has 0 aromatic carbocycles. The number of rotatable bonds is 2. The minimum Gasteiger partial charge on any atom is -0.480 e. The molecule has 1 heterocycles. The van der Waals surface area contributed by atoms with E-state index in [1.807, 2.05) is 0 Å². The first kappa shape index (κ1) is 14.2. The van der Waals surface area contributed by atoms with Crippen molar-refractivity contribution >= 4 is 12.0 Å². The maximum absolute atomic E-state index is 12.2. The van der Waals surface area contributed by atoms with Crippen LogP contribution in [0.2, 0.25) is 0 Å². The Bertz CT molecular complexity index is 368. The zero-order valence-corrected chi connectivity index (χ0v) is 11.8. The highest BCUT2D eigenvalue weighted by molar-refractivity contribution is 5.83. The van der Waals surface area contributed by atoms with E-state index in [9.17, 15) is 9.59 Å². The summed E-state index contributed by atoms with van der Waals surface area (Å²) >= 11 is 0. The number of aliphatic carboxylic acids is 1. The predicted molar refractivity (Wildman–Crippen MR) is 71.9 cm³/mol. The van der Waals surface area contributed by atoms with Crippen LogP contribution in [0.4, 0.5) is 4.79 Å². The number of urea groups is 1. The largest absolute Gasteiger partial charge is 0.480 e. The number of likely N-dealkylation sites (tertiary alicyclic amines) is 1. The number of nitrogens with zero attached hydrogens (tertiary/aromatic N) is 1. The monoisotopic (exact) mass is 268 g/mol. The van der Waals surface area contributed by atoms with Crippen molar-refractivity contribution in [2.45, 2.75) is 64.5 Å². The second kappa shape index (κ2) is 5.39. The van der Waals surface area contributed by atoms with E-state index in [1.54, 1.807) is 0 Å². The number of nitrogens with one attached hydrogen (secondary N) is 1. The van der Waals surface area contributed by atoms with Gasteiger partial charge in [0.05, 0.1) is 0 Å². The van der Waals surface area contributed by atoms with E-state index in [4.69, 9.17) is 5.11 Å². The Morgan fingerprint density at radius 3 is 2.63 bits per heavy atom. The van der Waals surface area contributed by atoms with Crippen molar-refractivity contribution in [1.29, 1.82) is 0 Å². The summed E-state index contributed by atoms with van der Waals surface area (Å²) in [5, 5.41) is 12.1. The maximum Gasteiger partial charge on any atom is 0.326 e. The van der Waals surface area contributed by atoms with Crippen LogP contribution in [0, 0.1) is 5.41 Å². The smallest absolute Gasteiger partial charge is 0.326 e. The number of hydrogen-bond donors (Lipinski definition) is 2. The summed E-state index contributed by atoms with van der Waals surface area (Å²) in [7, 11) is 0. The fraction of sp³-hybridized carbons (Fsp3) is 0.857. The SMILES string of the molecule is CC1(C)CCCC(NC(=O)N2CCC[C@@H]2C(=O)O)C1. The fourth-order valence-electron chi connectivity index (χ4n) is 3.35. The van der Waals surface area contributed by atoms with E-state index in [-0.39, 0.29) is 17.5 Å². The molecule has 5 nitrogen and oxygen atoms in total. The van der Waals surface area contributed by atoms with Crippen LogP contribution < -0.4 is 5.32 Å². The molecule has 108 valence electrons. The lowest BCUT2D eigenvalue weighted by atomic mass is 9.75. The standard InChI is InChI=1S/C14H24N2O3/c1-14(2)7-3-5-10(9-14)15-13(19)16-8-4-6-11(16)12(17)18/h10-11H,3-9H2,1-2H3,(H,15,19)(H,17,18)/t10?,11-/m1/s1. The highest BCUT2D eigenvalue weighted by Gasteiger charge is 2.36. The Hall–Kier alpha value is -1.26. The quantitative estimate of drug-likeness (QED) is 0.806. The normalized spacial score (nSPS) is 30.1. The van der Waals surface area contributed by atoms with Crippen molar-refractivity contribution in [2.24, 2.45) is 5.41 Å². The molecule has 2 amide bonds. The summed E-state index contributed by atoms with van der Waals surface area (Å²) in [5.41, 5.74) is 0.271. The van der Waals surface area contributed by atoms with E-state index >= 15 is 0 Å². The Balaban J connectivity index is 1.92. The van der Waals surface area contributed by atoms with Crippen LogP contribution in [0.15, 0.2) is 0 Å². The number of hydrogen-bond acceptors (Lipinski definition) is 2. The second-order valence-corrected chi connectivity index (χ2v) is 6.60. The molecule has 2 aliphatic rings. The Morgan fingerprint density at radius 1 is 1.26 bits per heavy atom. The second-order valence-electron chi connectivity index (χ2n) is 6.60. The summed E-state index contributed by atoms with van der Waals surface area (Å²) in [6.45, 7) is 5.00. The van der Waals surface area contributed by atoms with Crippen LogP contribution in [-0.4, -0.2) is 40.6 Å². The maximum atomic E-state index is 12.2. The third-order valence-electron chi connectivity index (χ3n) is 4.33. The first-order valence-corrected chi connectivity index (χ1v) is 7.19. The summed E-state index contributed by atoms with van der Waals surface area (Å²) in [5.74, 6) is -0.892. The molecule has 1 saturated heterocycles. The molecule has 0 spiro atoms. The Kier molecular flexibility index (Phi) is 4.02. The minimum absolute atomic E-state index is 0.186. The number of carbonyl (C=O) groups excluding carboxylic acids is 1. The zero-order valence-electron chi connectivity index (χ0n) is 11.8. The summed E-state index contributed by atoms with van der Waals surface area (Å²) in [6, 6.07) is -0.657. The first-order chi connectivity index (χ1) is 8.89. The average molecular weight is 268 g/mol. The van der Waals surface area contributed by atoms with Crippen molar-refractivity contribution < 1.29 is 14.7 Å². The number of amides is 2. The van der Waals surface area contributed by atoms with Gasteiger partial charge in [0.2, 0.25) is 0 Å². The summed E-state index contributed by atoms with van der Waals surface area (Å²) < 4.78 is 0. The van der Waals surface area contributed by atoms with E-state index in [2.05, 4.69) is 19.2 Å². The van der Waals surface area contributed by atoms with Gasteiger partial charge in [-0.15, -0.1) is 0 Å². The molecule has 2 rings (SSSR count). The van der Waals surface area contributed by atoms with Gasteiger partial charge in [-0.2, -0.15) is 0 Å². The third kappa shape index (κ3) is 3.39. The molecule has 5 heteroatoms. The van der Waals surface area contributed by atoms with Gasteiger partial charge in [-0.25, -0.2) is 9.59 Å². The molecule has 1 aliphatic heterocycles. The molecule has 0 radical (unpaired) electrons. The number of carbonyl (C=O) groups is 2. The van der Waals surface area contributed by atoms with Crippen LogP contribution in [0.25, 0.3) is 0 Å². The van der Waals surface area contributed by atoms with Gasteiger partial charge >= 0.3 is 12.0 Å². The molecule has 19 heavy (non-hydrogen) atoms. The molecule has 1 aliphatic carbocycles. The van der Waals surface area contributed by atoms with Gasteiger partial charge in [0.1, 0.15) is 6.04 Å². The van der Waals surface area contributed by atoms with Gasteiger partial charge in [0.15, 0.2) is 0 Å². The van der Waals surface area contributed by atoms with Gasteiger partial charge in [0.25, 0.3) is 0 Å². The number of carboxylic acid groups (broad SMARTS) is 1. The van der Waals surface area contributed by atoms with Crippen molar-refractivity contribution in [3.8, 4) is 0 Å². The molecule has 2 fully saturated rings. The highest BCUT2D eigenvalue weighted by Crippen LogP contribution is 2.35. The fourth-order valence-corrected chi connectivity index (χ4v) is 3.35. The zero-order chi connectivity index (χ0) is 14.0. The lowest BCUT2D eigenvalue weighted by Crippen LogP contribution is -2.50. The predicted octanol–water partition coefficient (Wildman–Crippen LogP) is 2.21. The molecule has 1 unspecified atom stereocenters. The Labute approximate surface area is 114 Å². The van der Waals surface area contributed by atoms with Crippen molar-refractivity contribution in [3.63, 3.8) is 0 Å². The van der Waals surface area contributed by atoms with Crippen LogP contribution in [0.5, 0.6) is 0 Å². The van der Waals surface area contributed by atoms with Gasteiger partial charge in [-0.1, -0.05) is 20.3 Å². The van der Waals surface area contributed by atoms with E-state index in [0.717, 1.165) is 25.7 Å². The topological polar surface area (TPSA) is 69.6 Å². The van der Waals surface area contributed by atoms with E-state index < -0.39 is 12.0 Å². The van der Waals surface area contributed by atoms with Gasteiger partial charge in [-0.05, 0) is 37.5 Å². The van der Waals surface area contributed by atoms with Gasteiger partial charge in [-0.3, -0.25) is 0 Å². The van der Waals surface area contributed by atoms with Crippen molar-refractivity contribution in [1.82, 2.24) is 10.2 Å². The van der Waals surface area contributed by atoms with Crippen molar-refractivity contribution in [3.05, 3.63) is 0 Å². The van der Waals surface area contributed by atoms with Gasteiger partial charge in [0, 0.05) is 12.6 Å². The van der Waals surface area contributed by atoms with E-state index in [1.165, 1.54) is 11.3 Å². The molecule has 0 bridgehead atoms. The lowest BCUT2D eigenvalue weighted by molar-refractivity contribution is -0.141. The van der Waals surface area contributed by atoms with Crippen LogP contribution in [-0.2, 0) is 4.79 Å². The molecule has 0 aromatic heterocycles. The molecular formula is C14H24N2O3. The van der Waals surface area contributed by atoms with Crippen LogP contribution >= 0.6 is 0 Å². The molecule has 1 saturated carbocycles. The number of carboxylic acids is 1. The van der Waals surface area contributed by atoms with Gasteiger partial charge < -0.3 is 15.3 Å². The summed E-state index contributed by atoms with van der Waals surface area (Å²) in [4.78, 5) is 24.8. The third-order valence-corrected chi connectivity index (χ3v) is 4.33. The van der Waals surface area contributed by atoms with E-state index in [0.29, 0.717) is 13.0 Å². The van der Waals surface area contributed by atoms with Crippen LogP contribution in [0.3, 0.4) is 0 Å².